The molecule has 2 rings (SSSR count). The fourth-order valence-electron chi connectivity index (χ4n) is 3.24. The Bertz CT molecular complexity index is 484. The zero-order chi connectivity index (χ0) is 14.8. The van der Waals surface area contributed by atoms with Crippen molar-refractivity contribution in [3.05, 3.63) is 16.1 Å². The standard InChI is InChI=1S/C15H22BrNO3/c1-18-11-8-10(16)13(19-2)12(14(11)20-3)15(9-17)6-4-5-7-15/h8H,4-7,9,17H2,1-3H3. The number of nitrogens with two attached hydrogens (primary N) is 1. The van der Waals surface area contributed by atoms with Crippen molar-refractivity contribution in [1.29, 1.82) is 0 Å². The molecule has 2 N–H and O–H groups in total. The first-order chi connectivity index (χ1) is 9.63. The molecule has 1 fully saturated rings. The summed E-state index contributed by atoms with van der Waals surface area (Å²) in [6, 6.07) is 1.88. The van der Waals surface area contributed by atoms with Crippen LogP contribution in [0.2, 0.25) is 0 Å². The second-order valence-corrected chi connectivity index (χ2v) is 6.05. The first kappa shape index (κ1) is 15.4. The van der Waals surface area contributed by atoms with E-state index in [4.69, 9.17) is 19.9 Å². The summed E-state index contributed by atoms with van der Waals surface area (Å²) in [4.78, 5) is 0. The van der Waals surface area contributed by atoms with Crippen LogP contribution in [0.5, 0.6) is 17.2 Å². The van der Waals surface area contributed by atoms with Gasteiger partial charge >= 0.3 is 0 Å². The van der Waals surface area contributed by atoms with Crippen LogP contribution in [-0.4, -0.2) is 27.9 Å². The van der Waals surface area contributed by atoms with Crippen LogP contribution < -0.4 is 19.9 Å². The molecule has 0 amide bonds. The van der Waals surface area contributed by atoms with Crippen LogP contribution in [0.4, 0.5) is 0 Å². The van der Waals surface area contributed by atoms with Crippen molar-refractivity contribution in [3.8, 4) is 17.2 Å². The van der Waals surface area contributed by atoms with Gasteiger partial charge in [0, 0.05) is 23.6 Å². The van der Waals surface area contributed by atoms with Crippen molar-refractivity contribution in [3.63, 3.8) is 0 Å². The largest absolute Gasteiger partial charge is 0.495 e. The molecular formula is C15H22BrNO3. The van der Waals surface area contributed by atoms with Gasteiger partial charge in [0.25, 0.3) is 0 Å². The topological polar surface area (TPSA) is 53.7 Å². The van der Waals surface area contributed by atoms with Crippen LogP contribution in [0.15, 0.2) is 10.5 Å². The van der Waals surface area contributed by atoms with E-state index in [1.807, 2.05) is 6.07 Å². The number of rotatable bonds is 5. The van der Waals surface area contributed by atoms with Crippen LogP contribution in [0, 0.1) is 0 Å². The molecule has 5 heteroatoms. The van der Waals surface area contributed by atoms with Crippen molar-refractivity contribution in [2.45, 2.75) is 31.1 Å². The van der Waals surface area contributed by atoms with E-state index in [0.29, 0.717) is 12.3 Å². The molecule has 0 radical (unpaired) electrons. The Labute approximate surface area is 128 Å². The highest BCUT2D eigenvalue weighted by Gasteiger charge is 2.41. The van der Waals surface area contributed by atoms with Gasteiger partial charge in [0.1, 0.15) is 5.75 Å². The van der Waals surface area contributed by atoms with Gasteiger partial charge < -0.3 is 19.9 Å². The molecule has 1 aromatic rings. The minimum atomic E-state index is -0.0895. The highest BCUT2D eigenvalue weighted by Crippen LogP contribution is 2.53. The molecule has 0 bridgehead atoms. The fraction of sp³-hybridized carbons (Fsp3) is 0.600. The second-order valence-electron chi connectivity index (χ2n) is 5.19. The molecule has 0 aliphatic heterocycles. The third-order valence-corrected chi connectivity index (χ3v) is 4.85. The van der Waals surface area contributed by atoms with Crippen molar-refractivity contribution in [1.82, 2.24) is 0 Å². The van der Waals surface area contributed by atoms with E-state index in [1.165, 1.54) is 12.8 Å². The van der Waals surface area contributed by atoms with Gasteiger partial charge in [-0.2, -0.15) is 0 Å². The number of halogens is 1. The smallest absolute Gasteiger partial charge is 0.168 e. The van der Waals surface area contributed by atoms with Gasteiger partial charge in [0.15, 0.2) is 11.5 Å². The van der Waals surface area contributed by atoms with Crippen molar-refractivity contribution in [2.75, 3.05) is 27.9 Å². The molecule has 1 aliphatic rings. The van der Waals surface area contributed by atoms with E-state index in [0.717, 1.165) is 34.4 Å². The molecule has 0 heterocycles. The molecule has 1 aromatic carbocycles. The molecule has 1 saturated carbocycles. The zero-order valence-electron chi connectivity index (χ0n) is 12.3. The van der Waals surface area contributed by atoms with E-state index < -0.39 is 0 Å². The summed E-state index contributed by atoms with van der Waals surface area (Å²) < 4.78 is 17.6. The summed E-state index contributed by atoms with van der Waals surface area (Å²) in [5.41, 5.74) is 7.07. The Morgan fingerprint density at radius 2 is 1.70 bits per heavy atom. The summed E-state index contributed by atoms with van der Waals surface area (Å²) >= 11 is 3.56. The lowest BCUT2D eigenvalue weighted by atomic mass is 9.77. The minimum absolute atomic E-state index is 0.0895. The van der Waals surface area contributed by atoms with Crippen LogP contribution in [0.25, 0.3) is 0 Å². The molecule has 0 unspecified atom stereocenters. The van der Waals surface area contributed by atoms with Gasteiger partial charge in [-0.1, -0.05) is 12.8 Å². The Morgan fingerprint density at radius 3 is 2.15 bits per heavy atom. The summed E-state index contributed by atoms with van der Waals surface area (Å²) in [6.45, 7) is 0.583. The van der Waals surface area contributed by atoms with Crippen LogP contribution >= 0.6 is 15.9 Å². The molecule has 0 saturated heterocycles. The normalized spacial score (nSPS) is 17.1. The Balaban J connectivity index is 2.73. The van der Waals surface area contributed by atoms with Crippen molar-refractivity contribution in [2.24, 2.45) is 5.73 Å². The molecule has 0 spiro atoms. The number of hydrogen-bond acceptors (Lipinski definition) is 4. The molecule has 1 aliphatic carbocycles. The van der Waals surface area contributed by atoms with Gasteiger partial charge in [-0.05, 0) is 28.8 Å². The Hall–Kier alpha value is -0.940. The number of ether oxygens (including phenoxy) is 3. The maximum absolute atomic E-state index is 6.12. The maximum atomic E-state index is 6.12. The number of methoxy groups -OCH3 is 3. The summed E-state index contributed by atoms with van der Waals surface area (Å²) in [5.74, 6) is 2.24. The SMILES string of the molecule is COc1cc(Br)c(OC)c(C2(CN)CCCC2)c1OC. The maximum Gasteiger partial charge on any atom is 0.168 e. The highest BCUT2D eigenvalue weighted by molar-refractivity contribution is 9.10. The van der Waals surface area contributed by atoms with E-state index in [2.05, 4.69) is 15.9 Å². The number of hydrogen-bond donors (Lipinski definition) is 1. The first-order valence-corrected chi connectivity index (χ1v) is 7.62. The Kier molecular flexibility index (Phi) is 4.81. The van der Waals surface area contributed by atoms with E-state index in [1.54, 1.807) is 21.3 Å². The lowest BCUT2D eigenvalue weighted by Crippen LogP contribution is -2.33. The summed E-state index contributed by atoms with van der Waals surface area (Å²) in [5, 5.41) is 0. The van der Waals surface area contributed by atoms with Crippen molar-refractivity contribution >= 4 is 15.9 Å². The lowest BCUT2D eigenvalue weighted by molar-refractivity contribution is 0.320. The predicted octanol–water partition coefficient (Wildman–Crippen LogP) is 3.25. The molecule has 20 heavy (non-hydrogen) atoms. The third kappa shape index (κ3) is 2.37. The van der Waals surface area contributed by atoms with Gasteiger partial charge in [-0.3, -0.25) is 0 Å². The van der Waals surface area contributed by atoms with Gasteiger partial charge in [0.05, 0.1) is 25.8 Å². The van der Waals surface area contributed by atoms with Crippen LogP contribution in [-0.2, 0) is 5.41 Å². The van der Waals surface area contributed by atoms with Gasteiger partial charge in [-0.25, -0.2) is 0 Å². The Morgan fingerprint density at radius 1 is 1.10 bits per heavy atom. The first-order valence-electron chi connectivity index (χ1n) is 6.82. The van der Waals surface area contributed by atoms with E-state index in [-0.39, 0.29) is 5.41 Å². The molecule has 4 nitrogen and oxygen atoms in total. The van der Waals surface area contributed by atoms with E-state index in [9.17, 15) is 0 Å². The average Bonchev–Trinajstić information content (AvgIpc) is 2.95. The second kappa shape index (κ2) is 6.22. The lowest BCUT2D eigenvalue weighted by Gasteiger charge is -2.32. The number of benzene rings is 1. The molecule has 112 valence electrons. The molecular weight excluding hydrogens is 322 g/mol. The molecule has 0 aromatic heterocycles. The van der Waals surface area contributed by atoms with Crippen LogP contribution in [0.3, 0.4) is 0 Å². The van der Waals surface area contributed by atoms with Crippen LogP contribution in [0.1, 0.15) is 31.2 Å². The fourth-order valence-corrected chi connectivity index (χ4v) is 3.80. The minimum Gasteiger partial charge on any atom is -0.495 e. The van der Waals surface area contributed by atoms with Crippen molar-refractivity contribution < 1.29 is 14.2 Å². The van der Waals surface area contributed by atoms with E-state index >= 15 is 0 Å². The zero-order valence-corrected chi connectivity index (χ0v) is 13.9. The summed E-state index contributed by atoms with van der Waals surface area (Å²) in [6.07, 6.45) is 4.46. The predicted molar refractivity (Wildman–Crippen MR) is 83.0 cm³/mol. The molecule has 0 atom stereocenters. The van der Waals surface area contributed by atoms with Gasteiger partial charge in [0.2, 0.25) is 0 Å². The monoisotopic (exact) mass is 343 g/mol. The highest BCUT2D eigenvalue weighted by atomic mass is 79.9. The summed E-state index contributed by atoms with van der Waals surface area (Å²) in [7, 11) is 4.98. The third-order valence-electron chi connectivity index (χ3n) is 4.26. The quantitative estimate of drug-likeness (QED) is 0.891. The average molecular weight is 344 g/mol. The van der Waals surface area contributed by atoms with Gasteiger partial charge in [-0.15, -0.1) is 0 Å².